The molecule has 4 atom stereocenters. The van der Waals surface area contributed by atoms with Gasteiger partial charge in [-0.05, 0) is 76.3 Å². The van der Waals surface area contributed by atoms with Crippen molar-refractivity contribution in [3.63, 3.8) is 0 Å². The van der Waals surface area contributed by atoms with Crippen LogP contribution in [0.2, 0.25) is 0 Å². The molecule has 0 amide bonds. The Hall–Kier alpha value is -0.410. The molecule has 19 heavy (non-hydrogen) atoms. The summed E-state index contributed by atoms with van der Waals surface area (Å²) in [4.78, 5) is 15.4. The number of aliphatic hydroxyl groups is 1. The Balaban J connectivity index is 1.80. The summed E-state index contributed by atoms with van der Waals surface area (Å²) in [5, 5.41) is 10.4. The number of Topliss-reactive ketones (excluding diaryl/α,β-unsaturated/α-hetero) is 1. The lowest BCUT2D eigenvalue weighted by Crippen LogP contribution is -2.63. The van der Waals surface area contributed by atoms with E-state index in [1.54, 1.807) is 0 Å². The maximum atomic E-state index is 12.9. The smallest absolute Gasteiger partial charge is 0.153 e. The van der Waals surface area contributed by atoms with Crippen LogP contribution in [0.4, 0.5) is 0 Å². The molecule has 2 spiro atoms. The average molecular weight is 263 g/mol. The van der Waals surface area contributed by atoms with Gasteiger partial charge in [-0.1, -0.05) is 0 Å². The first-order valence-electron chi connectivity index (χ1n) is 8.01. The van der Waals surface area contributed by atoms with Crippen molar-refractivity contribution in [2.75, 3.05) is 13.1 Å². The molecule has 2 heterocycles. The van der Waals surface area contributed by atoms with Crippen LogP contribution in [0.15, 0.2) is 0 Å². The van der Waals surface area contributed by atoms with Crippen molar-refractivity contribution >= 4 is 5.78 Å². The fraction of sp³-hybridized carbons (Fsp3) is 0.938. The molecule has 0 aromatic heterocycles. The van der Waals surface area contributed by atoms with Crippen LogP contribution >= 0.6 is 0 Å². The molecular formula is C16H25NO2. The molecule has 0 bridgehead atoms. The van der Waals surface area contributed by atoms with Crippen LogP contribution in [-0.4, -0.2) is 40.0 Å². The topological polar surface area (TPSA) is 40.5 Å². The molecule has 106 valence electrons. The summed E-state index contributed by atoms with van der Waals surface area (Å²) >= 11 is 0. The maximum absolute atomic E-state index is 12.9. The van der Waals surface area contributed by atoms with Gasteiger partial charge in [0.25, 0.3) is 0 Å². The first kappa shape index (κ1) is 12.3. The van der Waals surface area contributed by atoms with Gasteiger partial charge in [0.2, 0.25) is 0 Å². The van der Waals surface area contributed by atoms with Crippen LogP contribution in [0, 0.1) is 11.3 Å². The lowest BCUT2D eigenvalue weighted by molar-refractivity contribution is -0.143. The fourth-order valence-corrected chi connectivity index (χ4v) is 6.19. The minimum Gasteiger partial charge on any atom is -0.390 e. The van der Waals surface area contributed by atoms with E-state index in [0.29, 0.717) is 11.7 Å². The molecule has 0 aromatic rings. The Kier molecular flexibility index (Phi) is 2.35. The zero-order chi connectivity index (χ0) is 13.3. The number of nitrogens with zero attached hydrogens (tertiary/aromatic N) is 1. The molecule has 1 N–H and O–H groups in total. The van der Waals surface area contributed by atoms with Crippen molar-refractivity contribution in [3.05, 3.63) is 0 Å². The van der Waals surface area contributed by atoms with E-state index in [1.165, 1.54) is 19.3 Å². The standard InChI is InChI=1S/C16H25NO2/c1-14(19)6-7-15-4-2-8-17-9-3-5-16(15,17)13(18)10-12(15)11-14/h12,19H,2-11H2,1H3/t12-,14-,15+,16+/m1/s1. The van der Waals surface area contributed by atoms with Crippen LogP contribution < -0.4 is 0 Å². The average Bonchev–Trinajstić information content (AvgIpc) is 2.87. The molecule has 4 rings (SSSR count). The minimum atomic E-state index is -0.539. The summed E-state index contributed by atoms with van der Waals surface area (Å²) in [6, 6.07) is 0. The fourth-order valence-electron chi connectivity index (χ4n) is 6.19. The number of hydrogen-bond acceptors (Lipinski definition) is 3. The van der Waals surface area contributed by atoms with E-state index in [2.05, 4.69) is 4.90 Å². The van der Waals surface area contributed by atoms with Gasteiger partial charge in [0.1, 0.15) is 0 Å². The van der Waals surface area contributed by atoms with Gasteiger partial charge in [-0.15, -0.1) is 0 Å². The predicted octanol–water partition coefficient (Wildman–Crippen LogP) is 2.13. The normalized spacial score (nSPS) is 53.8. The van der Waals surface area contributed by atoms with Gasteiger partial charge >= 0.3 is 0 Å². The summed E-state index contributed by atoms with van der Waals surface area (Å²) < 4.78 is 0. The molecule has 3 heteroatoms. The van der Waals surface area contributed by atoms with Gasteiger partial charge in [0, 0.05) is 6.42 Å². The Bertz CT molecular complexity index is 432. The van der Waals surface area contributed by atoms with Crippen molar-refractivity contribution in [2.24, 2.45) is 11.3 Å². The molecular weight excluding hydrogens is 238 g/mol. The summed E-state index contributed by atoms with van der Waals surface area (Å²) in [6.07, 6.45) is 8.25. The van der Waals surface area contributed by atoms with Gasteiger partial charge < -0.3 is 5.11 Å². The summed E-state index contributed by atoms with van der Waals surface area (Å²) in [7, 11) is 0. The quantitative estimate of drug-likeness (QED) is 0.728. The van der Waals surface area contributed by atoms with Gasteiger partial charge in [0.05, 0.1) is 11.1 Å². The van der Waals surface area contributed by atoms with Crippen molar-refractivity contribution in [3.8, 4) is 0 Å². The number of rotatable bonds is 0. The van der Waals surface area contributed by atoms with E-state index < -0.39 is 5.60 Å². The van der Waals surface area contributed by atoms with Crippen molar-refractivity contribution in [1.82, 2.24) is 4.90 Å². The summed E-state index contributed by atoms with van der Waals surface area (Å²) in [6.45, 7) is 4.21. The molecule has 2 saturated heterocycles. The first-order chi connectivity index (χ1) is 9.00. The van der Waals surface area contributed by atoms with Crippen molar-refractivity contribution in [2.45, 2.75) is 69.4 Å². The second-order valence-electron chi connectivity index (χ2n) is 7.74. The van der Waals surface area contributed by atoms with Crippen molar-refractivity contribution in [1.29, 1.82) is 0 Å². The van der Waals surface area contributed by atoms with Crippen molar-refractivity contribution < 1.29 is 9.90 Å². The molecule has 0 unspecified atom stereocenters. The first-order valence-corrected chi connectivity index (χ1v) is 8.01. The monoisotopic (exact) mass is 263 g/mol. The van der Waals surface area contributed by atoms with Gasteiger partial charge in [-0.3, -0.25) is 9.69 Å². The molecule has 3 nitrogen and oxygen atoms in total. The molecule has 2 aliphatic carbocycles. The largest absolute Gasteiger partial charge is 0.390 e. The lowest BCUT2D eigenvalue weighted by atomic mass is 9.54. The van der Waals surface area contributed by atoms with Crippen LogP contribution in [0.3, 0.4) is 0 Å². The van der Waals surface area contributed by atoms with E-state index in [-0.39, 0.29) is 11.0 Å². The van der Waals surface area contributed by atoms with Crippen LogP contribution in [0.1, 0.15) is 58.3 Å². The Labute approximate surface area is 115 Å². The van der Waals surface area contributed by atoms with E-state index in [9.17, 15) is 9.90 Å². The highest BCUT2D eigenvalue weighted by atomic mass is 16.3. The van der Waals surface area contributed by atoms with Gasteiger partial charge in [-0.2, -0.15) is 0 Å². The van der Waals surface area contributed by atoms with Crippen LogP contribution in [-0.2, 0) is 4.79 Å². The van der Waals surface area contributed by atoms with E-state index in [4.69, 9.17) is 0 Å². The molecule has 2 aliphatic heterocycles. The highest BCUT2D eigenvalue weighted by Crippen LogP contribution is 2.66. The molecule has 2 saturated carbocycles. The number of piperidine rings is 1. The number of hydrogen-bond donors (Lipinski definition) is 1. The zero-order valence-electron chi connectivity index (χ0n) is 12.0. The van der Waals surface area contributed by atoms with Gasteiger partial charge in [-0.25, -0.2) is 0 Å². The molecule has 4 fully saturated rings. The number of carbonyl (C=O) groups excluding carboxylic acids is 1. The minimum absolute atomic E-state index is 0.119. The Morgan fingerprint density at radius 1 is 1.16 bits per heavy atom. The second kappa shape index (κ2) is 3.62. The highest BCUT2D eigenvalue weighted by molar-refractivity contribution is 5.93. The molecule has 0 aromatic carbocycles. The molecule has 4 aliphatic rings. The van der Waals surface area contributed by atoms with E-state index >= 15 is 0 Å². The maximum Gasteiger partial charge on any atom is 0.153 e. The van der Waals surface area contributed by atoms with Crippen LogP contribution in [0.25, 0.3) is 0 Å². The molecule has 0 radical (unpaired) electrons. The predicted molar refractivity (Wildman–Crippen MR) is 72.8 cm³/mol. The van der Waals surface area contributed by atoms with E-state index in [1.807, 2.05) is 6.92 Å². The number of ketones is 1. The highest BCUT2D eigenvalue weighted by Gasteiger charge is 2.70. The SMILES string of the molecule is C[C@@]1(O)CC[C@]23CCCN4CCC[C@@]42C(=O)C[C@@H]3C1. The van der Waals surface area contributed by atoms with E-state index in [0.717, 1.165) is 45.2 Å². The second-order valence-corrected chi connectivity index (χ2v) is 7.74. The third kappa shape index (κ3) is 1.33. The summed E-state index contributed by atoms with van der Waals surface area (Å²) in [5.41, 5.74) is -0.448. The lowest BCUT2D eigenvalue weighted by Gasteiger charge is -2.57. The third-order valence-electron chi connectivity index (χ3n) is 6.85. The third-order valence-corrected chi connectivity index (χ3v) is 6.85. The Morgan fingerprint density at radius 3 is 2.68 bits per heavy atom. The van der Waals surface area contributed by atoms with Crippen LogP contribution in [0.5, 0.6) is 0 Å². The van der Waals surface area contributed by atoms with Gasteiger partial charge in [0.15, 0.2) is 5.78 Å². The number of carbonyl (C=O) groups is 1. The Morgan fingerprint density at radius 2 is 1.89 bits per heavy atom. The summed E-state index contributed by atoms with van der Waals surface area (Å²) in [5.74, 6) is 0.942. The zero-order valence-corrected chi connectivity index (χ0v) is 12.0.